The summed E-state index contributed by atoms with van der Waals surface area (Å²) in [6.07, 6.45) is -36.6. The molecule has 55 heteroatoms. The van der Waals surface area contributed by atoms with Crippen LogP contribution in [0.25, 0.3) is 66.8 Å². The summed E-state index contributed by atoms with van der Waals surface area (Å²) in [6, 6.07) is 0.287. The van der Waals surface area contributed by atoms with Crippen molar-refractivity contribution in [3.8, 4) is 239 Å². The third-order valence-electron chi connectivity index (χ3n) is 25.5. The number of rotatable bonds is 2. The van der Waals surface area contributed by atoms with Gasteiger partial charge < -0.3 is 226 Å². The lowest BCUT2D eigenvalue weighted by Crippen LogP contribution is -2.68. The second kappa shape index (κ2) is 30.9. The summed E-state index contributed by atoms with van der Waals surface area (Å²) in [6.45, 7) is -5.85. The number of aliphatic hydroxyl groups is 4. The number of fused-ring (bicyclic) bond motifs is 14. The van der Waals surface area contributed by atoms with E-state index in [2.05, 4.69) is 0 Å². The molecular weight excluding hydrogens is 1920 g/mol. The number of aromatic hydroxyl groups is 30. The van der Waals surface area contributed by atoms with E-state index in [1.165, 1.54) is 0 Å². The van der Waals surface area contributed by atoms with Gasteiger partial charge in [-0.05, 0) is 30.3 Å². The highest BCUT2D eigenvalue weighted by molar-refractivity contribution is 6.20. The maximum Gasteiger partial charge on any atom is 0.340 e. The number of benzene rings is 10. The van der Waals surface area contributed by atoms with E-state index in [9.17, 15) is 174 Å². The molecule has 1 saturated heterocycles. The third-order valence-corrected chi connectivity index (χ3v) is 25.5. The van der Waals surface area contributed by atoms with Crippen molar-refractivity contribution < 1.29 is 274 Å². The first-order valence-electron chi connectivity index (χ1n) is 40.1. The minimum atomic E-state index is -4.09. The van der Waals surface area contributed by atoms with Gasteiger partial charge in [0, 0.05) is 83.5 Å². The molecule has 55 nitrogen and oxygen atoms in total. The van der Waals surface area contributed by atoms with Crippen LogP contribution in [-0.4, -0.2) is 326 Å². The van der Waals surface area contributed by atoms with Gasteiger partial charge in [0.2, 0.25) is 63.3 Å². The molecule has 12 bridgehead atoms. The predicted molar refractivity (Wildman–Crippen MR) is 436 cm³/mol. The maximum absolute atomic E-state index is 17.1. The quantitative estimate of drug-likeness (QED) is 0.0649. The minimum Gasteiger partial charge on any atom is -0.504 e. The van der Waals surface area contributed by atoms with E-state index < -0.39 is 476 Å². The van der Waals surface area contributed by atoms with E-state index in [1.807, 2.05) is 0 Å². The van der Waals surface area contributed by atoms with Gasteiger partial charge in [0.05, 0.1) is 74.1 Å². The Morgan fingerprint density at radius 1 is 0.218 bits per heavy atom. The van der Waals surface area contributed by atoms with Crippen molar-refractivity contribution in [2.75, 3.05) is 19.8 Å². The highest BCUT2D eigenvalue weighted by Crippen LogP contribution is 2.69. The second-order valence-electron chi connectivity index (χ2n) is 32.9. The number of esters is 10. The fourth-order valence-corrected chi connectivity index (χ4v) is 19.1. The zero-order valence-electron chi connectivity index (χ0n) is 69.3. The van der Waals surface area contributed by atoms with Crippen LogP contribution in [0.2, 0.25) is 0 Å². The Morgan fingerprint density at radius 3 is 0.817 bits per heavy atom. The summed E-state index contributed by atoms with van der Waals surface area (Å²) in [7, 11) is 0. The van der Waals surface area contributed by atoms with Crippen LogP contribution in [0.15, 0.2) is 30.3 Å². The van der Waals surface area contributed by atoms with E-state index in [4.69, 9.17) is 52.1 Å². The number of carbonyl (C=O) groups excluding carboxylic acids is 10. The number of carbonyl (C=O) groups is 10. The van der Waals surface area contributed by atoms with Crippen molar-refractivity contribution in [2.24, 2.45) is 0 Å². The molecule has 10 aromatic carbocycles. The molecule has 0 radical (unpaired) electrons. The van der Waals surface area contributed by atoms with Gasteiger partial charge >= 0.3 is 59.7 Å². The Kier molecular flexibility index (Phi) is 19.9. The van der Waals surface area contributed by atoms with E-state index >= 15 is 47.9 Å². The van der Waals surface area contributed by atoms with Crippen molar-refractivity contribution in [1.29, 1.82) is 0 Å². The summed E-state index contributed by atoms with van der Waals surface area (Å²) in [5.41, 5.74) is -44.4. The Labute approximate surface area is 777 Å². The predicted octanol–water partition coefficient (Wildman–Crippen LogP) is 0.900. The second-order valence-corrected chi connectivity index (χ2v) is 32.9. The summed E-state index contributed by atoms with van der Waals surface area (Å²) in [5.74, 6) is -94.2. The summed E-state index contributed by atoms with van der Waals surface area (Å²) in [4.78, 5) is 161. The summed E-state index contributed by atoms with van der Waals surface area (Å²) < 4.78 is 65.0. The molecule has 34 N–H and O–H groups in total. The van der Waals surface area contributed by atoms with Gasteiger partial charge in [0.15, 0.2) is 164 Å². The Bertz CT molecular complexity index is 7630. The molecule has 11 aliphatic heterocycles. The van der Waals surface area contributed by atoms with Gasteiger partial charge in [-0.25, -0.2) is 47.9 Å². The first-order valence-corrected chi connectivity index (χ1v) is 40.1. The van der Waals surface area contributed by atoms with E-state index in [1.54, 1.807) is 0 Å². The molecule has 736 valence electrons. The number of ether oxygens (including phenoxy) is 11. The molecule has 0 saturated carbocycles. The highest BCUT2D eigenvalue weighted by Gasteiger charge is 2.67. The van der Waals surface area contributed by atoms with Crippen LogP contribution in [0.1, 0.15) is 132 Å². The number of hydrogen-bond donors (Lipinski definition) is 34. The fraction of sp³-hybridized carbons (Fsp3) is 0.195. The normalized spacial score (nSPS) is 23.5. The molecule has 10 aromatic rings. The maximum atomic E-state index is 17.1. The Balaban J connectivity index is 0.930. The summed E-state index contributed by atoms with van der Waals surface area (Å²) in [5, 5.41) is 408. The molecule has 1 fully saturated rings. The molecule has 11 heterocycles. The van der Waals surface area contributed by atoms with Gasteiger partial charge in [0.25, 0.3) is 0 Å². The molecule has 11 aliphatic rings. The Hall–Kier alpha value is -19.3. The fourth-order valence-electron chi connectivity index (χ4n) is 19.1. The van der Waals surface area contributed by atoms with Crippen molar-refractivity contribution in [1.82, 2.24) is 0 Å². The molecule has 0 aliphatic carbocycles. The van der Waals surface area contributed by atoms with Gasteiger partial charge in [-0.15, -0.1) is 0 Å². The van der Waals surface area contributed by atoms with Crippen LogP contribution in [0.5, 0.6) is 172 Å². The van der Waals surface area contributed by atoms with E-state index in [-0.39, 0.29) is 30.3 Å². The van der Waals surface area contributed by atoms with Crippen LogP contribution in [-0.2, 0) is 52.1 Å². The Morgan fingerprint density at radius 2 is 0.458 bits per heavy atom. The molecule has 21 rings (SSSR count). The average molecular weight is 1980 g/mol. The lowest BCUT2D eigenvalue weighted by Gasteiger charge is -2.51. The number of cyclic esters (lactones) is 2. The number of hydrogen-bond acceptors (Lipinski definition) is 55. The lowest BCUT2D eigenvalue weighted by atomic mass is 9.71. The monoisotopic (exact) mass is 1980 g/mol. The van der Waals surface area contributed by atoms with Crippen molar-refractivity contribution in [2.45, 2.75) is 84.8 Å². The van der Waals surface area contributed by atoms with Crippen molar-refractivity contribution in [3.63, 3.8) is 0 Å². The molecule has 14 atom stereocenters. The van der Waals surface area contributed by atoms with E-state index in [0.29, 0.717) is 0 Å². The average Bonchev–Trinajstić information content (AvgIpc) is 0.933. The SMILES string of the molecule is O=C1OCC2OC(=O)c3cc(O)c(O)c(O)c3-c3c(O)c(O)c(O)c4c3C(=O)OC(C2OC(=O)c2cc(O)c(O)c(O)c2-c2c1cc(O)c(O)c2O)C1OC(=O)c2c-4c(O)c(O)c(O)c2C1c1c(O)c(O)c(O)c2c1C(=O)OCC1OC(=O)c3cc(O)c(O)c(O)c3-c3c(O)c(O)c(O)c4c3C(=O)OC(C1OC(=O)c1cc(O)c(O)c(O)c1-2)C1OC(=O)c2c-4c(O)c(O)c(O)c2C1C1(O)OCC(O)C(O)C1O. The van der Waals surface area contributed by atoms with Crippen LogP contribution < -0.4 is 0 Å². The van der Waals surface area contributed by atoms with Gasteiger partial charge in [-0.2, -0.15) is 0 Å². The molecule has 14 unspecified atom stereocenters. The minimum absolute atomic E-state index is 0.0391. The smallest absolute Gasteiger partial charge is 0.340 e. The first kappa shape index (κ1) is 91.8. The van der Waals surface area contributed by atoms with Gasteiger partial charge in [-0.1, -0.05) is 0 Å². The summed E-state index contributed by atoms with van der Waals surface area (Å²) >= 11 is 0. The molecule has 0 amide bonds. The van der Waals surface area contributed by atoms with Crippen LogP contribution in [0.4, 0.5) is 0 Å². The van der Waals surface area contributed by atoms with Crippen molar-refractivity contribution >= 4 is 59.7 Å². The van der Waals surface area contributed by atoms with Gasteiger partial charge in [-0.3, -0.25) is 0 Å². The number of aliphatic hydroxyl groups excluding tert-OH is 3. The van der Waals surface area contributed by atoms with E-state index in [0.717, 1.165) is 0 Å². The zero-order chi connectivity index (χ0) is 103. The first-order chi connectivity index (χ1) is 66.7. The highest BCUT2D eigenvalue weighted by atomic mass is 16.7. The molecule has 0 aromatic heterocycles. The zero-order valence-corrected chi connectivity index (χ0v) is 69.3. The number of phenolic OH excluding ortho intramolecular Hbond substituents is 30. The topological polar surface area (TPSA) is 960 Å². The van der Waals surface area contributed by atoms with Crippen LogP contribution >= 0.6 is 0 Å². The number of phenols is 30. The van der Waals surface area contributed by atoms with Crippen molar-refractivity contribution in [3.05, 3.63) is 103 Å². The van der Waals surface area contributed by atoms with Gasteiger partial charge in [0.1, 0.15) is 31.5 Å². The van der Waals surface area contributed by atoms with Crippen LogP contribution in [0.3, 0.4) is 0 Å². The molecule has 142 heavy (non-hydrogen) atoms. The molecular formula is C87H58O55. The standard InChI is InChI=1S/C87H58O55/c88-14-1-9-22(50(100)44(14)94)23-10(2-15(89)45(95)51(23)101)80(124)137-70-20(7-132-77(9)121)135-78(122)11-3-16(90)46(96)52(102)24(11)28-38-30(58(108)65(115)56(28)106)31-40-35(63(113)68(118)59(31)109)36(72(139-83(40)127)74(70)141-84(38)128)34-37-27(55(105)67(117)62(34)112)26-13(5-18(92)48(98)54(26)104)81(125)138-71-21(8-133-82(37)126)136-79(123)12-4-17(91)47(97)53(103)25(12)29-39-32(60(110)66(116)57(29)107)33-41-42(64(114)69(119)61(33)111)43(73(140-86(41)130)75(71)142-85(39)129)87(131)76(120)49(99)19(93)6-134-87/h1-5,19-21,36,43,49,70-76,88-120,131H,6-8H2. The largest absolute Gasteiger partial charge is 0.504 e. The third kappa shape index (κ3) is 12.2. The lowest BCUT2D eigenvalue weighted by molar-refractivity contribution is -0.341. The van der Waals surface area contributed by atoms with Crippen LogP contribution in [0, 0.1) is 0 Å². The molecule has 0 spiro atoms.